The van der Waals surface area contributed by atoms with Gasteiger partial charge in [0.25, 0.3) is 0 Å². The summed E-state index contributed by atoms with van der Waals surface area (Å²) < 4.78 is 15.2. The fraction of sp³-hybridized carbons (Fsp3) is 0.214. The van der Waals surface area contributed by atoms with Crippen molar-refractivity contribution in [3.63, 3.8) is 0 Å². The Balaban J connectivity index is 2.77. The molecule has 6 heteroatoms. The zero-order chi connectivity index (χ0) is 14.9. The van der Waals surface area contributed by atoms with Crippen molar-refractivity contribution in [2.45, 2.75) is 19.9 Å². The van der Waals surface area contributed by atoms with Crippen LogP contribution in [0.25, 0.3) is 5.69 Å². The number of nitrogens with zero attached hydrogens (tertiary/aromatic N) is 4. The highest BCUT2D eigenvalue weighted by molar-refractivity contribution is 5.51. The summed E-state index contributed by atoms with van der Waals surface area (Å²) >= 11 is 0. The van der Waals surface area contributed by atoms with E-state index in [9.17, 15) is 4.39 Å². The number of benzene rings is 1. The van der Waals surface area contributed by atoms with Crippen LogP contribution in [-0.2, 0) is 0 Å². The minimum absolute atomic E-state index is 0.0325. The monoisotopic (exact) mass is 269 g/mol. The second kappa shape index (κ2) is 5.12. The summed E-state index contributed by atoms with van der Waals surface area (Å²) in [5, 5.41) is 18.1. The Morgan fingerprint density at radius 3 is 2.60 bits per heavy atom. The third kappa shape index (κ3) is 2.13. The summed E-state index contributed by atoms with van der Waals surface area (Å²) in [7, 11) is 0. The van der Waals surface area contributed by atoms with Gasteiger partial charge in [-0.1, -0.05) is 0 Å². The van der Waals surface area contributed by atoms with E-state index in [0.717, 1.165) is 0 Å². The van der Waals surface area contributed by atoms with E-state index in [1.807, 2.05) is 12.1 Å². The Morgan fingerprint density at radius 1 is 1.35 bits per heavy atom. The largest absolute Gasteiger partial charge is 0.324 e. The molecule has 1 atom stereocenters. The molecule has 0 saturated carbocycles. The maximum Gasteiger partial charge on any atom is 0.177 e. The predicted octanol–water partition coefficient (Wildman–Crippen LogP) is 2.08. The van der Waals surface area contributed by atoms with Crippen molar-refractivity contribution in [1.29, 1.82) is 10.5 Å². The van der Waals surface area contributed by atoms with Gasteiger partial charge in [-0.2, -0.15) is 10.5 Å². The molecule has 1 aromatic heterocycles. The van der Waals surface area contributed by atoms with E-state index in [-0.39, 0.29) is 17.2 Å². The molecular formula is C14H12FN5. The van der Waals surface area contributed by atoms with Crippen LogP contribution in [0.4, 0.5) is 4.39 Å². The molecule has 0 amide bonds. The highest BCUT2D eigenvalue weighted by atomic mass is 19.1. The average molecular weight is 269 g/mol. The molecule has 0 spiro atoms. The molecule has 1 heterocycles. The minimum Gasteiger partial charge on any atom is -0.324 e. The molecule has 20 heavy (non-hydrogen) atoms. The number of hydrogen-bond acceptors (Lipinski definition) is 4. The molecule has 0 fully saturated rings. The highest BCUT2D eigenvalue weighted by Gasteiger charge is 2.17. The molecule has 5 nitrogen and oxygen atoms in total. The Morgan fingerprint density at radius 2 is 2.05 bits per heavy atom. The zero-order valence-corrected chi connectivity index (χ0v) is 11.1. The molecular weight excluding hydrogens is 257 g/mol. The number of aromatic nitrogens is 2. The molecule has 0 aliphatic heterocycles. The van der Waals surface area contributed by atoms with Crippen molar-refractivity contribution < 1.29 is 4.39 Å². The Kier molecular flexibility index (Phi) is 3.51. The highest BCUT2D eigenvalue weighted by Crippen LogP contribution is 2.25. The van der Waals surface area contributed by atoms with E-state index in [4.69, 9.17) is 16.3 Å². The predicted molar refractivity (Wildman–Crippen MR) is 70.3 cm³/mol. The lowest BCUT2D eigenvalue weighted by atomic mass is 10.0. The molecule has 0 saturated heterocycles. The Labute approximate surface area is 115 Å². The first kappa shape index (κ1) is 13.7. The maximum absolute atomic E-state index is 13.7. The van der Waals surface area contributed by atoms with Gasteiger partial charge in [0, 0.05) is 6.04 Å². The number of aryl methyl sites for hydroxylation is 1. The molecule has 0 bridgehead atoms. The number of halogens is 1. The molecule has 0 radical (unpaired) electrons. The second-order valence-corrected chi connectivity index (χ2v) is 4.48. The molecule has 2 N–H and O–H groups in total. The summed E-state index contributed by atoms with van der Waals surface area (Å²) in [6.45, 7) is 3.35. The van der Waals surface area contributed by atoms with Gasteiger partial charge in [0.05, 0.1) is 5.69 Å². The van der Waals surface area contributed by atoms with Crippen LogP contribution in [0.3, 0.4) is 0 Å². The maximum atomic E-state index is 13.7. The van der Waals surface area contributed by atoms with Gasteiger partial charge in [0.1, 0.15) is 24.3 Å². The van der Waals surface area contributed by atoms with Crippen molar-refractivity contribution in [3.8, 4) is 17.8 Å². The van der Waals surface area contributed by atoms with Crippen LogP contribution in [0, 0.1) is 35.4 Å². The molecule has 0 aliphatic carbocycles. The van der Waals surface area contributed by atoms with Crippen LogP contribution < -0.4 is 5.73 Å². The van der Waals surface area contributed by atoms with Crippen LogP contribution in [0.15, 0.2) is 18.5 Å². The quantitative estimate of drug-likeness (QED) is 0.903. The third-order valence-corrected chi connectivity index (χ3v) is 3.04. The lowest BCUT2D eigenvalue weighted by Crippen LogP contribution is -2.11. The summed E-state index contributed by atoms with van der Waals surface area (Å²) in [6, 6.07) is 6.32. The van der Waals surface area contributed by atoms with Crippen molar-refractivity contribution in [2.75, 3.05) is 0 Å². The zero-order valence-electron chi connectivity index (χ0n) is 11.1. The Bertz CT molecular complexity index is 746. The molecule has 1 aromatic carbocycles. The molecule has 100 valence electrons. The van der Waals surface area contributed by atoms with Gasteiger partial charge < -0.3 is 5.73 Å². The van der Waals surface area contributed by atoms with Crippen LogP contribution >= 0.6 is 0 Å². The SMILES string of the molecule is Cc1cc(-n2cnc(C#N)c2C#N)c([C@H](C)N)cc1F. The normalized spacial score (nSPS) is 11.7. The van der Waals surface area contributed by atoms with E-state index in [2.05, 4.69) is 4.98 Å². The van der Waals surface area contributed by atoms with E-state index in [1.54, 1.807) is 19.9 Å². The summed E-state index contributed by atoms with van der Waals surface area (Å²) in [4.78, 5) is 3.88. The van der Waals surface area contributed by atoms with Crippen LogP contribution in [0.2, 0.25) is 0 Å². The van der Waals surface area contributed by atoms with E-state index in [1.165, 1.54) is 17.0 Å². The van der Waals surface area contributed by atoms with Crippen molar-refractivity contribution in [2.24, 2.45) is 5.73 Å². The van der Waals surface area contributed by atoms with Crippen molar-refractivity contribution in [3.05, 3.63) is 46.8 Å². The van der Waals surface area contributed by atoms with Gasteiger partial charge in [-0.05, 0) is 37.1 Å². The van der Waals surface area contributed by atoms with Crippen LogP contribution in [0.5, 0.6) is 0 Å². The lowest BCUT2D eigenvalue weighted by Gasteiger charge is -2.15. The average Bonchev–Trinajstić information content (AvgIpc) is 2.83. The first-order valence-corrected chi connectivity index (χ1v) is 5.93. The number of imidazole rings is 1. The van der Waals surface area contributed by atoms with E-state index < -0.39 is 6.04 Å². The van der Waals surface area contributed by atoms with Gasteiger partial charge in [0.2, 0.25) is 0 Å². The fourth-order valence-corrected chi connectivity index (χ4v) is 1.97. The number of nitriles is 2. The van der Waals surface area contributed by atoms with Gasteiger partial charge in [0.15, 0.2) is 11.4 Å². The topological polar surface area (TPSA) is 91.4 Å². The van der Waals surface area contributed by atoms with E-state index >= 15 is 0 Å². The van der Waals surface area contributed by atoms with Crippen LogP contribution in [-0.4, -0.2) is 9.55 Å². The third-order valence-electron chi connectivity index (χ3n) is 3.04. The van der Waals surface area contributed by atoms with E-state index in [0.29, 0.717) is 16.8 Å². The molecule has 2 rings (SSSR count). The fourth-order valence-electron chi connectivity index (χ4n) is 1.97. The smallest absolute Gasteiger partial charge is 0.177 e. The van der Waals surface area contributed by atoms with Gasteiger partial charge in [-0.3, -0.25) is 4.57 Å². The summed E-state index contributed by atoms with van der Waals surface area (Å²) in [6.07, 6.45) is 1.37. The van der Waals surface area contributed by atoms with Gasteiger partial charge >= 0.3 is 0 Å². The summed E-state index contributed by atoms with van der Waals surface area (Å²) in [5.41, 5.74) is 7.54. The van der Waals surface area contributed by atoms with Gasteiger partial charge in [-0.25, -0.2) is 9.37 Å². The number of nitrogens with two attached hydrogens (primary N) is 1. The first-order valence-electron chi connectivity index (χ1n) is 5.93. The van der Waals surface area contributed by atoms with Crippen molar-refractivity contribution in [1.82, 2.24) is 9.55 Å². The Hall–Kier alpha value is -2.70. The van der Waals surface area contributed by atoms with Gasteiger partial charge in [-0.15, -0.1) is 0 Å². The minimum atomic E-state index is -0.417. The summed E-state index contributed by atoms with van der Waals surface area (Å²) in [5.74, 6) is -0.361. The number of rotatable bonds is 2. The second-order valence-electron chi connectivity index (χ2n) is 4.48. The lowest BCUT2D eigenvalue weighted by molar-refractivity contribution is 0.612. The molecule has 2 aromatic rings. The first-order chi connectivity index (χ1) is 9.49. The molecule has 0 unspecified atom stereocenters. The van der Waals surface area contributed by atoms with Crippen molar-refractivity contribution >= 4 is 0 Å². The van der Waals surface area contributed by atoms with Crippen LogP contribution in [0.1, 0.15) is 35.5 Å². The number of hydrogen-bond donors (Lipinski definition) is 1. The standard InChI is InChI=1S/C14H12FN5/c1-8-3-13(10(9(2)18)4-11(8)15)20-7-19-12(5-16)14(20)6-17/h3-4,7,9H,18H2,1-2H3/t9-/m0/s1. The molecule has 0 aliphatic rings.